The van der Waals surface area contributed by atoms with Gasteiger partial charge in [-0.1, -0.05) is 6.07 Å². The maximum absolute atomic E-state index is 12.5. The summed E-state index contributed by atoms with van der Waals surface area (Å²) in [6.45, 7) is 0. The number of primary amides is 1. The molecule has 0 saturated carbocycles. The Morgan fingerprint density at radius 3 is 2.44 bits per heavy atom. The predicted molar refractivity (Wildman–Crippen MR) is 92.2 cm³/mol. The van der Waals surface area contributed by atoms with Gasteiger partial charge in [-0.05, 0) is 36.4 Å². The van der Waals surface area contributed by atoms with Crippen molar-refractivity contribution in [1.29, 1.82) is 0 Å². The highest BCUT2D eigenvalue weighted by Crippen LogP contribution is 2.24. The number of carbonyl (C=O) groups excluding carboxylic acids is 2. The van der Waals surface area contributed by atoms with Gasteiger partial charge in [0.15, 0.2) is 0 Å². The van der Waals surface area contributed by atoms with Crippen LogP contribution in [0.5, 0.6) is 5.75 Å². The third-order valence-electron chi connectivity index (χ3n) is 3.35. The highest BCUT2D eigenvalue weighted by atomic mass is 32.2. The molecule has 2 aromatic rings. The molecule has 0 aliphatic heterocycles. The standard InChI is InChI=1S/C16H17N3O5S/c1-18-16(21)13-9-12(6-7-14(13)24-2)25(22,23)19-11-5-3-4-10(8-11)15(17)20/h3-9,19H,1-2H3,(H2,17,20)(H,18,21). The summed E-state index contributed by atoms with van der Waals surface area (Å²) in [4.78, 5) is 23.0. The molecule has 0 aliphatic carbocycles. The fourth-order valence-electron chi connectivity index (χ4n) is 2.12. The molecule has 0 spiro atoms. The second kappa shape index (κ2) is 7.22. The molecular formula is C16H17N3O5S. The first-order chi connectivity index (χ1) is 11.8. The summed E-state index contributed by atoms with van der Waals surface area (Å²) in [6, 6.07) is 9.68. The normalized spacial score (nSPS) is 10.8. The van der Waals surface area contributed by atoms with Crippen molar-refractivity contribution in [3.8, 4) is 5.75 Å². The summed E-state index contributed by atoms with van der Waals surface area (Å²) in [5.74, 6) is -0.911. The van der Waals surface area contributed by atoms with Crippen LogP contribution in [0.25, 0.3) is 0 Å². The van der Waals surface area contributed by atoms with Gasteiger partial charge < -0.3 is 15.8 Å². The SMILES string of the molecule is CNC(=O)c1cc(S(=O)(=O)Nc2cccc(C(N)=O)c2)ccc1OC. The number of sulfonamides is 1. The van der Waals surface area contributed by atoms with Crippen molar-refractivity contribution in [2.45, 2.75) is 4.90 Å². The zero-order chi connectivity index (χ0) is 18.6. The third kappa shape index (κ3) is 4.07. The van der Waals surface area contributed by atoms with Crippen LogP contribution < -0.4 is 20.5 Å². The summed E-state index contributed by atoms with van der Waals surface area (Å²) in [5.41, 5.74) is 5.61. The molecule has 0 fully saturated rings. The van der Waals surface area contributed by atoms with Gasteiger partial charge in [0.1, 0.15) is 5.75 Å². The highest BCUT2D eigenvalue weighted by Gasteiger charge is 2.19. The molecular weight excluding hydrogens is 346 g/mol. The number of anilines is 1. The van der Waals surface area contributed by atoms with Crippen molar-refractivity contribution in [3.05, 3.63) is 53.6 Å². The van der Waals surface area contributed by atoms with Crippen LogP contribution in [-0.4, -0.2) is 34.4 Å². The first-order valence-electron chi connectivity index (χ1n) is 7.11. The Bertz CT molecular complexity index is 925. The molecule has 132 valence electrons. The number of benzene rings is 2. The third-order valence-corrected chi connectivity index (χ3v) is 4.73. The topological polar surface area (TPSA) is 128 Å². The number of carbonyl (C=O) groups is 2. The Morgan fingerprint density at radius 1 is 1.12 bits per heavy atom. The van der Waals surface area contributed by atoms with Crippen LogP contribution in [0, 0.1) is 0 Å². The molecule has 2 aromatic carbocycles. The predicted octanol–water partition coefficient (Wildman–Crippen LogP) is 0.954. The van der Waals surface area contributed by atoms with E-state index in [1.54, 1.807) is 0 Å². The van der Waals surface area contributed by atoms with Crippen molar-refractivity contribution in [2.24, 2.45) is 5.73 Å². The Hall–Kier alpha value is -3.07. The molecule has 0 aliphatic rings. The number of ether oxygens (including phenoxy) is 1. The maximum atomic E-state index is 12.5. The summed E-state index contributed by atoms with van der Waals surface area (Å²) >= 11 is 0. The number of amides is 2. The molecule has 0 aromatic heterocycles. The molecule has 0 bridgehead atoms. The van der Waals surface area contributed by atoms with E-state index in [9.17, 15) is 18.0 Å². The fourth-order valence-corrected chi connectivity index (χ4v) is 3.19. The second-order valence-electron chi connectivity index (χ2n) is 4.99. The van der Waals surface area contributed by atoms with E-state index in [-0.39, 0.29) is 27.5 Å². The summed E-state index contributed by atoms with van der Waals surface area (Å²) < 4.78 is 32.5. The molecule has 0 atom stereocenters. The lowest BCUT2D eigenvalue weighted by Crippen LogP contribution is -2.20. The Kier molecular flexibility index (Phi) is 5.28. The fraction of sp³-hybridized carbons (Fsp3) is 0.125. The molecule has 0 radical (unpaired) electrons. The lowest BCUT2D eigenvalue weighted by molar-refractivity contribution is 0.0958. The molecule has 2 amide bonds. The van der Waals surface area contributed by atoms with E-state index in [2.05, 4.69) is 10.0 Å². The van der Waals surface area contributed by atoms with Gasteiger partial charge in [0.05, 0.1) is 17.6 Å². The Balaban J connectivity index is 2.41. The molecule has 0 heterocycles. The van der Waals surface area contributed by atoms with Gasteiger partial charge in [-0.3, -0.25) is 14.3 Å². The molecule has 4 N–H and O–H groups in total. The molecule has 2 rings (SSSR count). The number of hydrogen-bond donors (Lipinski definition) is 3. The van der Waals surface area contributed by atoms with Crippen molar-refractivity contribution in [2.75, 3.05) is 18.9 Å². The van der Waals surface area contributed by atoms with Gasteiger partial charge in [0.2, 0.25) is 5.91 Å². The van der Waals surface area contributed by atoms with Crippen molar-refractivity contribution < 1.29 is 22.7 Å². The van der Waals surface area contributed by atoms with Crippen LogP contribution in [-0.2, 0) is 10.0 Å². The first-order valence-corrected chi connectivity index (χ1v) is 8.59. The lowest BCUT2D eigenvalue weighted by atomic mass is 10.2. The lowest BCUT2D eigenvalue weighted by Gasteiger charge is -2.12. The minimum Gasteiger partial charge on any atom is -0.496 e. The van der Waals surface area contributed by atoms with Crippen LogP contribution in [0.4, 0.5) is 5.69 Å². The Labute approximate surface area is 145 Å². The van der Waals surface area contributed by atoms with E-state index >= 15 is 0 Å². The first kappa shape index (κ1) is 18.3. The van der Waals surface area contributed by atoms with Gasteiger partial charge >= 0.3 is 0 Å². The largest absolute Gasteiger partial charge is 0.496 e. The molecule has 8 nitrogen and oxygen atoms in total. The molecule has 9 heteroatoms. The number of hydrogen-bond acceptors (Lipinski definition) is 5. The maximum Gasteiger partial charge on any atom is 0.261 e. The summed E-state index contributed by atoms with van der Waals surface area (Å²) in [7, 11) is -1.18. The van der Waals surface area contributed by atoms with E-state index in [0.717, 1.165) is 0 Å². The van der Waals surface area contributed by atoms with Crippen LogP contribution in [0.3, 0.4) is 0 Å². The van der Waals surface area contributed by atoms with E-state index in [1.165, 1.54) is 56.6 Å². The van der Waals surface area contributed by atoms with Gasteiger partial charge in [-0.15, -0.1) is 0 Å². The van der Waals surface area contributed by atoms with Gasteiger partial charge in [-0.2, -0.15) is 0 Å². The second-order valence-corrected chi connectivity index (χ2v) is 6.67. The van der Waals surface area contributed by atoms with Crippen LogP contribution in [0.2, 0.25) is 0 Å². The van der Waals surface area contributed by atoms with Gasteiger partial charge in [0, 0.05) is 18.3 Å². The van der Waals surface area contributed by atoms with E-state index in [4.69, 9.17) is 10.5 Å². The summed E-state index contributed by atoms with van der Waals surface area (Å²) in [6.07, 6.45) is 0. The number of nitrogens with two attached hydrogens (primary N) is 1. The van der Waals surface area contributed by atoms with Gasteiger partial charge in [0.25, 0.3) is 15.9 Å². The van der Waals surface area contributed by atoms with Gasteiger partial charge in [-0.25, -0.2) is 8.42 Å². The van der Waals surface area contributed by atoms with Crippen LogP contribution in [0.15, 0.2) is 47.4 Å². The molecule has 0 saturated heterocycles. The molecule has 0 unspecified atom stereocenters. The van der Waals surface area contributed by atoms with Crippen molar-refractivity contribution in [1.82, 2.24) is 5.32 Å². The average molecular weight is 363 g/mol. The van der Waals surface area contributed by atoms with E-state index in [0.29, 0.717) is 0 Å². The van der Waals surface area contributed by atoms with Crippen molar-refractivity contribution >= 4 is 27.5 Å². The zero-order valence-corrected chi connectivity index (χ0v) is 14.4. The summed E-state index contributed by atoms with van der Waals surface area (Å²) in [5, 5.41) is 2.42. The quantitative estimate of drug-likeness (QED) is 0.704. The molecule has 25 heavy (non-hydrogen) atoms. The van der Waals surface area contributed by atoms with Crippen molar-refractivity contribution in [3.63, 3.8) is 0 Å². The number of methoxy groups -OCH3 is 1. The van der Waals surface area contributed by atoms with Crippen LogP contribution >= 0.6 is 0 Å². The van der Waals surface area contributed by atoms with Crippen LogP contribution in [0.1, 0.15) is 20.7 Å². The van der Waals surface area contributed by atoms with E-state index < -0.39 is 21.8 Å². The smallest absolute Gasteiger partial charge is 0.261 e. The minimum absolute atomic E-state index is 0.0822. The minimum atomic E-state index is -3.98. The zero-order valence-electron chi connectivity index (χ0n) is 13.6. The highest BCUT2D eigenvalue weighted by molar-refractivity contribution is 7.92. The number of rotatable bonds is 6. The number of nitrogens with one attached hydrogen (secondary N) is 2. The average Bonchev–Trinajstić information content (AvgIpc) is 2.60. The van der Waals surface area contributed by atoms with E-state index in [1.807, 2.05) is 0 Å². The monoisotopic (exact) mass is 363 g/mol. The Morgan fingerprint density at radius 2 is 1.84 bits per heavy atom.